The van der Waals surface area contributed by atoms with Gasteiger partial charge in [0.1, 0.15) is 6.61 Å². The van der Waals surface area contributed by atoms with Gasteiger partial charge in [0.05, 0.1) is 12.5 Å². The number of hydrogen-bond acceptors (Lipinski definition) is 3. The van der Waals surface area contributed by atoms with Crippen LogP contribution in [0.1, 0.15) is 18.4 Å². The molecule has 0 heterocycles. The Kier molecular flexibility index (Phi) is 4.84. The highest BCUT2D eigenvalue weighted by Gasteiger charge is 2.15. The van der Waals surface area contributed by atoms with E-state index >= 15 is 0 Å². The molecule has 1 aromatic rings. The molecule has 1 rings (SSSR count). The van der Waals surface area contributed by atoms with E-state index in [1.807, 2.05) is 37.3 Å². The maximum absolute atomic E-state index is 11.5. The summed E-state index contributed by atoms with van der Waals surface area (Å²) in [6.07, 6.45) is 0. The molecule has 1 atom stereocenters. The van der Waals surface area contributed by atoms with Crippen molar-refractivity contribution in [3.63, 3.8) is 0 Å². The number of rotatable bonds is 5. The molecule has 0 fully saturated rings. The molecule has 82 valence electrons. The Balaban J connectivity index is 2.46. The van der Waals surface area contributed by atoms with E-state index in [2.05, 4.69) is 0 Å². The average Bonchev–Trinajstić information content (AvgIpc) is 2.29. The molecule has 1 aromatic carbocycles. The Morgan fingerprint density at radius 1 is 1.27 bits per heavy atom. The Hall–Kier alpha value is -1.35. The first kappa shape index (κ1) is 11.7. The van der Waals surface area contributed by atoms with E-state index in [4.69, 9.17) is 9.47 Å². The number of benzene rings is 1. The molecule has 0 radical (unpaired) electrons. The van der Waals surface area contributed by atoms with Gasteiger partial charge in [-0.3, -0.25) is 4.79 Å². The van der Waals surface area contributed by atoms with Crippen molar-refractivity contribution in [3.05, 3.63) is 35.9 Å². The van der Waals surface area contributed by atoms with E-state index in [-0.39, 0.29) is 11.9 Å². The van der Waals surface area contributed by atoms with Gasteiger partial charge in [0.25, 0.3) is 0 Å². The van der Waals surface area contributed by atoms with Crippen LogP contribution in [-0.2, 0) is 14.3 Å². The van der Waals surface area contributed by atoms with Crippen molar-refractivity contribution in [2.24, 2.45) is 0 Å². The fraction of sp³-hybridized carbons (Fsp3) is 0.417. The van der Waals surface area contributed by atoms with Crippen LogP contribution in [0.15, 0.2) is 30.3 Å². The lowest BCUT2D eigenvalue weighted by Gasteiger charge is -2.11. The molecule has 0 N–H and O–H groups in total. The zero-order valence-electron chi connectivity index (χ0n) is 9.10. The SMILES string of the molecule is COCCOC(=O)C(C)c1ccccc1. The van der Waals surface area contributed by atoms with Crippen molar-refractivity contribution in [1.29, 1.82) is 0 Å². The monoisotopic (exact) mass is 208 g/mol. The van der Waals surface area contributed by atoms with E-state index in [9.17, 15) is 4.79 Å². The Morgan fingerprint density at radius 3 is 2.53 bits per heavy atom. The second-order valence-corrected chi connectivity index (χ2v) is 3.29. The average molecular weight is 208 g/mol. The molecule has 3 nitrogen and oxygen atoms in total. The molecule has 3 heteroatoms. The van der Waals surface area contributed by atoms with Crippen molar-refractivity contribution in [1.82, 2.24) is 0 Å². The van der Waals surface area contributed by atoms with Gasteiger partial charge in [0, 0.05) is 7.11 Å². The minimum absolute atomic E-state index is 0.210. The van der Waals surface area contributed by atoms with Crippen LogP contribution < -0.4 is 0 Å². The van der Waals surface area contributed by atoms with Crippen LogP contribution in [0.4, 0.5) is 0 Å². The molecule has 0 amide bonds. The van der Waals surface area contributed by atoms with Crippen molar-refractivity contribution in [2.75, 3.05) is 20.3 Å². The van der Waals surface area contributed by atoms with Crippen LogP contribution in [0, 0.1) is 0 Å². The van der Waals surface area contributed by atoms with Gasteiger partial charge in [0.2, 0.25) is 0 Å². The number of carbonyl (C=O) groups is 1. The number of methoxy groups -OCH3 is 1. The number of ether oxygens (including phenoxy) is 2. The summed E-state index contributed by atoms with van der Waals surface area (Å²) in [6.45, 7) is 2.59. The van der Waals surface area contributed by atoms with Crippen LogP contribution in [0.2, 0.25) is 0 Å². The minimum Gasteiger partial charge on any atom is -0.463 e. The largest absolute Gasteiger partial charge is 0.463 e. The second kappa shape index (κ2) is 6.19. The summed E-state index contributed by atoms with van der Waals surface area (Å²) in [5, 5.41) is 0. The molecule has 1 unspecified atom stereocenters. The Morgan fingerprint density at radius 2 is 1.93 bits per heavy atom. The summed E-state index contributed by atoms with van der Waals surface area (Å²) in [6, 6.07) is 9.58. The van der Waals surface area contributed by atoms with Gasteiger partial charge >= 0.3 is 5.97 Å². The predicted octanol–water partition coefficient (Wildman–Crippen LogP) is 1.98. The molecular weight excluding hydrogens is 192 g/mol. The lowest BCUT2D eigenvalue weighted by molar-refractivity contribution is -0.146. The minimum atomic E-state index is -0.219. The number of carbonyl (C=O) groups excluding carboxylic acids is 1. The zero-order chi connectivity index (χ0) is 11.1. The van der Waals surface area contributed by atoms with E-state index in [1.54, 1.807) is 7.11 Å². The molecule has 15 heavy (non-hydrogen) atoms. The van der Waals surface area contributed by atoms with Crippen LogP contribution in [0.25, 0.3) is 0 Å². The quantitative estimate of drug-likeness (QED) is 0.548. The first-order chi connectivity index (χ1) is 7.25. The fourth-order valence-electron chi connectivity index (χ4n) is 1.23. The molecular formula is C12H16O3. The van der Waals surface area contributed by atoms with Crippen LogP contribution in [-0.4, -0.2) is 26.3 Å². The smallest absolute Gasteiger partial charge is 0.313 e. The van der Waals surface area contributed by atoms with Crippen molar-refractivity contribution >= 4 is 5.97 Å². The highest BCUT2D eigenvalue weighted by atomic mass is 16.6. The highest BCUT2D eigenvalue weighted by molar-refractivity contribution is 5.77. The highest BCUT2D eigenvalue weighted by Crippen LogP contribution is 2.15. The Bertz CT molecular complexity index is 295. The number of esters is 1. The van der Waals surface area contributed by atoms with Gasteiger partial charge in [0.15, 0.2) is 0 Å². The van der Waals surface area contributed by atoms with Crippen molar-refractivity contribution in [2.45, 2.75) is 12.8 Å². The maximum Gasteiger partial charge on any atom is 0.313 e. The second-order valence-electron chi connectivity index (χ2n) is 3.29. The van der Waals surface area contributed by atoms with E-state index in [1.165, 1.54) is 0 Å². The van der Waals surface area contributed by atoms with Gasteiger partial charge in [-0.2, -0.15) is 0 Å². The van der Waals surface area contributed by atoms with E-state index < -0.39 is 0 Å². The van der Waals surface area contributed by atoms with Crippen LogP contribution >= 0.6 is 0 Å². The summed E-state index contributed by atoms with van der Waals surface area (Å²) in [5.74, 6) is -0.429. The third kappa shape index (κ3) is 3.72. The maximum atomic E-state index is 11.5. The fourth-order valence-corrected chi connectivity index (χ4v) is 1.23. The number of hydrogen-bond donors (Lipinski definition) is 0. The van der Waals surface area contributed by atoms with Gasteiger partial charge < -0.3 is 9.47 Å². The van der Waals surface area contributed by atoms with Crippen molar-refractivity contribution < 1.29 is 14.3 Å². The van der Waals surface area contributed by atoms with Gasteiger partial charge in [-0.1, -0.05) is 30.3 Å². The van der Waals surface area contributed by atoms with Gasteiger partial charge in [-0.25, -0.2) is 0 Å². The van der Waals surface area contributed by atoms with Gasteiger partial charge in [-0.05, 0) is 12.5 Å². The zero-order valence-corrected chi connectivity index (χ0v) is 9.10. The van der Waals surface area contributed by atoms with Crippen molar-refractivity contribution in [3.8, 4) is 0 Å². The topological polar surface area (TPSA) is 35.5 Å². The predicted molar refractivity (Wildman–Crippen MR) is 57.7 cm³/mol. The summed E-state index contributed by atoms with van der Waals surface area (Å²) < 4.78 is 9.84. The summed E-state index contributed by atoms with van der Waals surface area (Å²) in [7, 11) is 1.58. The lowest BCUT2D eigenvalue weighted by atomic mass is 10.0. The molecule has 0 aliphatic carbocycles. The lowest BCUT2D eigenvalue weighted by Crippen LogP contribution is -2.15. The molecule has 0 aliphatic rings. The summed E-state index contributed by atoms with van der Waals surface area (Å²) in [4.78, 5) is 11.5. The molecule has 0 spiro atoms. The summed E-state index contributed by atoms with van der Waals surface area (Å²) in [5.41, 5.74) is 0.972. The summed E-state index contributed by atoms with van der Waals surface area (Å²) >= 11 is 0. The third-order valence-corrected chi connectivity index (χ3v) is 2.18. The Labute approximate surface area is 90.0 Å². The third-order valence-electron chi connectivity index (χ3n) is 2.18. The first-order valence-electron chi connectivity index (χ1n) is 4.96. The molecule has 0 saturated carbocycles. The molecule has 0 aliphatic heterocycles. The van der Waals surface area contributed by atoms with E-state index in [0.717, 1.165) is 5.56 Å². The first-order valence-corrected chi connectivity index (χ1v) is 4.96. The van der Waals surface area contributed by atoms with Crippen LogP contribution in [0.5, 0.6) is 0 Å². The normalized spacial score (nSPS) is 12.1. The van der Waals surface area contributed by atoms with Gasteiger partial charge in [-0.15, -0.1) is 0 Å². The standard InChI is InChI=1S/C12H16O3/c1-10(11-6-4-3-5-7-11)12(13)15-9-8-14-2/h3-7,10H,8-9H2,1-2H3. The molecule has 0 bridgehead atoms. The van der Waals surface area contributed by atoms with Crippen LogP contribution in [0.3, 0.4) is 0 Å². The molecule has 0 aromatic heterocycles. The van der Waals surface area contributed by atoms with E-state index in [0.29, 0.717) is 13.2 Å². The molecule has 0 saturated heterocycles.